The van der Waals surface area contributed by atoms with E-state index in [1.54, 1.807) is 12.1 Å². The van der Waals surface area contributed by atoms with Gasteiger partial charge in [0.05, 0.1) is 12.2 Å². The monoisotopic (exact) mass is 289 g/mol. The van der Waals surface area contributed by atoms with E-state index in [-0.39, 0.29) is 5.57 Å². The van der Waals surface area contributed by atoms with Gasteiger partial charge in [-0.1, -0.05) is 50.5 Å². The molecule has 2 N–H and O–H groups in total. The summed E-state index contributed by atoms with van der Waals surface area (Å²) in [5.41, 5.74) is 7.10. The van der Waals surface area contributed by atoms with Crippen LogP contribution in [-0.2, 0) is 14.3 Å². The molecule has 1 aromatic carbocycles. The number of nitrogens with two attached hydrogens (primary N) is 1. The Hall–Kier alpha value is -2.10. The zero-order valence-electron chi connectivity index (χ0n) is 12.7. The second-order valence-electron chi connectivity index (χ2n) is 4.97. The summed E-state index contributed by atoms with van der Waals surface area (Å²) in [6, 6.07) is 7.29. The molecule has 114 valence electrons. The molecular formula is C17H23NO3. The van der Waals surface area contributed by atoms with E-state index in [1.807, 2.05) is 19.1 Å². The average Bonchev–Trinajstić information content (AvgIpc) is 2.45. The van der Waals surface area contributed by atoms with Gasteiger partial charge in [0.1, 0.15) is 0 Å². The first kappa shape index (κ1) is 17.0. The molecule has 0 spiro atoms. The van der Waals surface area contributed by atoms with Gasteiger partial charge in [-0.05, 0) is 24.5 Å². The Balaban J connectivity index is 2.71. The van der Waals surface area contributed by atoms with Gasteiger partial charge < -0.3 is 10.5 Å². The molecule has 4 heteroatoms. The van der Waals surface area contributed by atoms with Crippen LogP contribution in [0.4, 0.5) is 0 Å². The molecule has 1 rings (SSSR count). The highest BCUT2D eigenvalue weighted by atomic mass is 16.5. The molecule has 0 atom stereocenters. The summed E-state index contributed by atoms with van der Waals surface area (Å²) >= 11 is 0. The topological polar surface area (TPSA) is 69.4 Å². The van der Waals surface area contributed by atoms with Gasteiger partial charge in [-0.15, -0.1) is 0 Å². The summed E-state index contributed by atoms with van der Waals surface area (Å²) in [6.45, 7) is 4.35. The Labute approximate surface area is 126 Å². The number of unbranched alkanes of at least 4 members (excludes halogenated alkanes) is 3. The molecule has 0 fully saturated rings. The number of esters is 1. The second-order valence-corrected chi connectivity index (χ2v) is 4.97. The quantitative estimate of drug-likeness (QED) is 0.454. The normalized spacial score (nSPS) is 11.2. The number of ether oxygens (including phenoxy) is 1. The molecule has 0 aliphatic rings. The molecule has 0 bridgehead atoms. The maximum absolute atomic E-state index is 11.8. The number of rotatable bonds is 8. The highest BCUT2D eigenvalue weighted by Gasteiger charge is 2.13. The molecule has 4 nitrogen and oxygen atoms in total. The lowest BCUT2D eigenvalue weighted by molar-refractivity contribution is -0.138. The first-order valence-corrected chi connectivity index (χ1v) is 7.30. The average molecular weight is 289 g/mol. The Morgan fingerprint density at radius 2 is 1.90 bits per heavy atom. The van der Waals surface area contributed by atoms with Gasteiger partial charge in [0.15, 0.2) is 0 Å². The lowest BCUT2D eigenvalue weighted by Gasteiger charge is -2.07. The van der Waals surface area contributed by atoms with E-state index in [4.69, 9.17) is 10.5 Å². The van der Waals surface area contributed by atoms with E-state index in [0.717, 1.165) is 31.2 Å². The van der Waals surface area contributed by atoms with Crippen molar-refractivity contribution in [3.63, 3.8) is 0 Å². The molecule has 0 aromatic heterocycles. The SMILES string of the molecule is CCCCCCOC(=O)/C=C(\C(N)=O)c1ccccc1C. The van der Waals surface area contributed by atoms with E-state index < -0.39 is 11.9 Å². The Kier molecular flexibility index (Phi) is 7.23. The van der Waals surface area contributed by atoms with Gasteiger partial charge in [-0.25, -0.2) is 4.79 Å². The van der Waals surface area contributed by atoms with Crippen LogP contribution in [-0.4, -0.2) is 18.5 Å². The van der Waals surface area contributed by atoms with Crippen LogP contribution in [0, 0.1) is 6.92 Å². The fraction of sp³-hybridized carbons (Fsp3) is 0.412. The summed E-state index contributed by atoms with van der Waals surface area (Å²) in [6.07, 6.45) is 5.32. The number of amides is 1. The zero-order chi connectivity index (χ0) is 15.7. The molecule has 0 saturated carbocycles. The van der Waals surface area contributed by atoms with Crippen LogP contribution in [0.5, 0.6) is 0 Å². The molecule has 21 heavy (non-hydrogen) atoms. The molecular weight excluding hydrogens is 266 g/mol. The standard InChI is InChI=1S/C17H23NO3/c1-3-4-5-8-11-21-16(19)12-15(17(18)20)14-10-7-6-9-13(14)2/h6-7,9-10,12H,3-5,8,11H2,1-2H3,(H2,18,20)/b15-12-. The van der Waals surface area contributed by atoms with Crippen molar-refractivity contribution in [2.75, 3.05) is 6.61 Å². The summed E-state index contributed by atoms with van der Waals surface area (Å²) < 4.78 is 5.11. The smallest absolute Gasteiger partial charge is 0.331 e. The summed E-state index contributed by atoms with van der Waals surface area (Å²) in [5, 5.41) is 0. The molecule has 0 aliphatic carbocycles. The van der Waals surface area contributed by atoms with Gasteiger partial charge in [0, 0.05) is 6.08 Å². The van der Waals surface area contributed by atoms with Gasteiger partial charge >= 0.3 is 5.97 Å². The maximum Gasteiger partial charge on any atom is 0.331 e. The van der Waals surface area contributed by atoms with Crippen LogP contribution < -0.4 is 5.73 Å². The van der Waals surface area contributed by atoms with Gasteiger partial charge in [-0.2, -0.15) is 0 Å². The lowest BCUT2D eigenvalue weighted by Crippen LogP contribution is -2.16. The van der Waals surface area contributed by atoms with Crippen LogP contribution in [0.15, 0.2) is 30.3 Å². The van der Waals surface area contributed by atoms with Crippen molar-refractivity contribution >= 4 is 17.4 Å². The van der Waals surface area contributed by atoms with Crippen molar-refractivity contribution in [3.05, 3.63) is 41.5 Å². The second kappa shape index (κ2) is 8.95. The van der Waals surface area contributed by atoms with Gasteiger partial charge in [0.2, 0.25) is 5.91 Å². The Morgan fingerprint density at radius 1 is 1.19 bits per heavy atom. The van der Waals surface area contributed by atoms with Crippen molar-refractivity contribution in [2.45, 2.75) is 39.5 Å². The van der Waals surface area contributed by atoms with Gasteiger partial charge in [0.25, 0.3) is 0 Å². The minimum absolute atomic E-state index is 0.187. The van der Waals surface area contributed by atoms with E-state index in [9.17, 15) is 9.59 Å². The number of aryl methyl sites for hydroxylation is 1. The Bertz CT molecular complexity index is 521. The number of hydrogen-bond acceptors (Lipinski definition) is 3. The predicted molar refractivity (Wildman–Crippen MR) is 83.5 cm³/mol. The number of carbonyl (C=O) groups is 2. The van der Waals surface area contributed by atoms with Crippen LogP contribution >= 0.6 is 0 Å². The maximum atomic E-state index is 11.8. The van der Waals surface area contributed by atoms with Crippen LogP contribution in [0.25, 0.3) is 5.57 Å². The highest BCUT2D eigenvalue weighted by molar-refractivity contribution is 6.22. The molecule has 1 amide bonds. The van der Waals surface area contributed by atoms with E-state index in [2.05, 4.69) is 6.92 Å². The predicted octanol–water partition coefficient (Wildman–Crippen LogP) is 2.99. The Morgan fingerprint density at radius 3 is 2.52 bits per heavy atom. The number of hydrogen-bond donors (Lipinski definition) is 1. The first-order chi connectivity index (χ1) is 10.1. The summed E-state index contributed by atoms with van der Waals surface area (Å²) in [7, 11) is 0. The molecule has 0 unspecified atom stereocenters. The third-order valence-corrected chi connectivity index (χ3v) is 3.21. The highest BCUT2D eigenvalue weighted by Crippen LogP contribution is 2.18. The van der Waals surface area contributed by atoms with Crippen LogP contribution in [0.1, 0.15) is 43.7 Å². The van der Waals surface area contributed by atoms with E-state index in [1.165, 1.54) is 6.08 Å². The largest absolute Gasteiger partial charge is 0.463 e. The third-order valence-electron chi connectivity index (χ3n) is 3.21. The molecule has 0 heterocycles. The van der Waals surface area contributed by atoms with E-state index >= 15 is 0 Å². The molecule has 0 saturated heterocycles. The van der Waals surface area contributed by atoms with Crippen molar-refractivity contribution in [1.82, 2.24) is 0 Å². The van der Waals surface area contributed by atoms with Crippen molar-refractivity contribution in [1.29, 1.82) is 0 Å². The number of carbonyl (C=O) groups excluding carboxylic acids is 2. The van der Waals surface area contributed by atoms with Crippen LogP contribution in [0.2, 0.25) is 0 Å². The van der Waals surface area contributed by atoms with Crippen molar-refractivity contribution < 1.29 is 14.3 Å². The molecule has 1 aromatic rings. The summed E-state index contributed by atoms with van der Waals surface area (Å²) in [5.74, 6) is -1.16. The number of benzene rings is 1. The van der Waals surface area contributed by atoms with Crippen molar-refractivity contribution in [2.24, 2.45) is 5.73 Å². The van der Waals surface area contributed by atoms with E-state index in [0.29, 0.717) is 12.2 Å². The fourth-order valence-electron chi connectivity index (χ4n) is 2.02. The zero-order valence-corrected chi connectivity index (χ0v) is 12.7. The van der Waals surface area contributed by atoms with Gasteiger partial charge in [-0.3, -0.25) is 4.79 Å². The first-order valence-electron chi connectivity index (χ1n) is 7.30. The lowest BCUT2D eigenvalue weighted by atomic mass is 10.00. The molecule has 0 radical (unpaired) electrons. The third kappa shape index (κ3) is 5.81. The van der Waals surface area contributed by atoms with Crippen molar-refractivity contribution in [3.8, 4) is 0 Å². The summed E-state index contributed by atoms with van der Waals surface area (Å²) in [4.78, 5) is 23.3. The number of primary amides is 1. The fourth-order valence-corrected chi connectivity index (χ4v) is 2.02. The molecule has 0 aliphatic heterocycles. The van der Waals surface area contributed by atoms with Crippen LogP contribution in [0.3, 0.4) is 0 Å². The minimum atomic E-state index is -0.632. The minimum Gasteiger partial charge on any atom is -0.463 e.